The van der Waals surface area contributed by atoms with Crippen LogP contribution in [0.25, 0.3) is 28.3 Å². The van der Waals surface area contributed by atoms with E-state index in [1.54, 1.807) is 17.0 Å². The Hall–Kier alpha value is -3.19. The summed E-state index contributed by atoms with van der Waals surface area (Å²) in [6, 6.07) is 15.6. The van der Waals surface area contributed by atoms with Gasteiger partial charge in [0.2, 0.25) is 0 Å². The minimum Gasteiger partial charge on any atom is -0.464 e. The van der Waals surface area contributed by atoms with Gasteiger partial charge in [0.1, 0.15) is 16.5 Å². The number of sulfone groups is 1. The first-order valence-corrected chi connectivity index (χ1v) is 10.9. The summed E-state index contributed by atoms with van der Waals surface area (Å²) < 4.78 is 44.9. The molecular weight excluding hydrogens is 391 g/mol. The van der Waals surface area contributed by atoms with E-state index in [9.17, 15) is 12.8 Å². The number of furan rings is 1. The fourth-order valence-electron chi connectivity index (χ4n) is 3.29. The van der Waals surface area contributed by atoms with Gasteiger partial charge in [0.25, 0.3) is 0 Å². The lowest BCUT2D eigenvalue weighted by Crippen LogP contribution is -2.04. The van der Waals surface area contributed by atoms with Crippen LogP contribution in [0.4, 0.5) is 4.39 Å². The van der Waals surface area contributed by atoms with Crippen LogP contribution in [0, 0.1) is 19.7 Å². The van der Waals surface area contributed by atoms with Gasteiger partial charge >= 0.3 is 0 Å². The molecule has 0 N–H and O–H groups in total. The highest BCUT2D eigenvalue weighted by molar-refractivity contribution is 7.90. The molecule has 0 unspecified atom stereocenters. The molecular formula is C22H19FN2O3S. The molecule has 0 aliphatic carbocycles. The number of hydrogen-bond acceptors (Lipinski definition) is 4. The Balaban J connectivity index is 1.82. The number of halogens is 1. The van der Waals surface area contributed by atoms with E-state index in [0.29, 0.717) is 5.69 Å². The highest BCUT2D eigenvalue weighted by atomic mass is 32.2. The molecule has 0 saturated carbocycles. The maximum absolute atomic E-state index is 14.5. The summed E-state index contributed by atoms with van der Waals surface area (Å²) in [6.45, 7) is 3.84. The molecule has 2 aromatic heterocycles. The van der Waals surface area contributed by atoms with E-state index < -0.39 is 15.7 Å². The van der Waals surface area contributed by atoms with Crippen molar-refractivity contribution in [1.82, 2.24) is 9.78 Å². The van der Waals surface area contributed by atoms with E-state index >= 15 is 0 Å². The Labute approximate surface area is 168 Å². The van der Waals surface area contributed by atoms with Gasteiger partial charge in [-0.1, -0.05) is 24.3 Å². The number of aromatic nitrogens is 2. The molecule has 0 atom stereocenters. The molecule has 7 heteroatoms. The highest BCUT2D eigenvalue weighted by Crippen LogP contribution is 2.31. The standard InChI is InChI=1S/C22H19FN2O3S/c1-14-15(2)24-25(18-10-11-21(19(23)13-18)29(3,26)27)22(14)17-8-6-16(7-9-17)20-5-4-12-28-20/h4-13H,1-3H3. The number of benzene rings is 2. The molecule has 0 fully saturated rings. The average molecular weight is 410 g/mol. The first-order valence-electron chi connectivity index (χ1n) is 8.96. The molecule has 5 nitrogen and oxygen atoms in total. The Kier molecular flexibility index (Phi) is 4.62. The molecule has 29 heavy (non-hydrogen) atoms. The van der Waals surface area contributed by atoms with Gasteiger partial charge in [-0.3, -0.25) is 0 Å². The first kappa shape index (κ1) is 19.1. The van der Waals surface area contributed by atoms with Crippen LogP contribution in [0.15, 0.2) is 70.2 Å². The molecule has 4 rings (SSSR count). The van der Waals surface area contributed by atoms with Crippen molar-refractivity contribution in [3.05, 3.63) is 77.9 Å². The monoisotopic (exact) mass is 410 g/mol. The molecule has 0 amide bonds. The van der Waals surface area contributed by atoms with E-state index in [-0.39, 0.29) is 4.90 Å². The fourth-order valence-corrected chi connectivity index (χ4v) is 4.02. The third-order valence-corrected chi connectivity index (χ3v) is 6.01. The van der Waals surface area contributed by atoms with E-state index in [4.69, 9.17) is 4.42 Å². The van der Waals surface area contributed by atoms with Crippen LogP contribution in [-0.2, 0) is 9.84 Å². The van der Waals surface area contributed by atoms with Crippen molar-refractivity contribution in [2.75, 3.05) is 6.26 Å². The van der Waals surface area contributed by atoms with Crippen molar-refractivity contribution in [3.63, 3.8) is 0 Å². The molecule has 2 aromatic carbocycles. The van der Waals surface area contributed by atoms with Gasteiger partial charge in [-0.2, -0.15) is 5.10 Å². The molecule has 2 heterocycles. The van der Waals surface area contributed by atoms with Crippen LogP contribution < -0.4 is 0 Å². The summed E-state index contributed by atoms with van der Waals surface area (Å²) in [5, 5.41) is 4.54. The van der Waals surface area contributed by atoms with Gasteiger partial charge in [-0.15, -0.1) is 0 Å². The predicted molar refractivity (Wildman–Crippen MR) is 109 cm³/mol. The summed E-state index contributed by atoms with van der Waals surface area (Å²) in [4.78, 5) is -0.328. The summed E-state index contributed by atoms with van der Waals surface area (Å²) in [5.74, 6) is -0.0219. The highest BCUT2D eigenvalue weighted by Gasteiger charge is 2.19. The number of aryl methyl sites for hydroxylation is 1. The van der Waals surface area contributed by atoms with E-state index in [1.165, 1.54) is 12.1 Å². The van der Waals surface area contributed by atoms with Gasteiger partial charge in [0, 0.05) is 23.4 Å². The largest absolute Gasteiger partial charge is 0.464 e. The van der Waals surface area contributed by atoms with Crippen LogP contribution in [0.2, 0.25) is 0 Å². The number of nitrogens with zero attached hydrogens (tertiary/aromatic N) is 2. The zero-order chi connectivity index (χ0) is 20.8. The lowest BCUT2D eigenvalue weighted by atomic mass is 10.0. The Morgan fingerprint density at radius 2 is 1.69 bits per heavy atom. The van der Waals surface area contributed by atoms with E-state index in [1.807, 2.05) is 50.2 Å². The number of rotatable bonds is 4. The van der Waals surface area contributed by atoms with Crippen LogP contribution in [0.3, 0.4) is 0 Å². The van der Waals surface area contributed by atoms with Gasteiger partial charge in [-0.05, 0) is 43.7 Å². The van der Waals surface area contributed by atoms with Gasteiger partial charge < -0.3 is 4.42 Å². The molecule has 0 bridgehead atoms. The lowest BCUT2D eigenvalue weighted by molar-refractivity contribution is 0.569. The third-order valence-electron chi connectivity index (χ3n) is 4.88. The van der Waals surface area contributed by atoms with Crippen LogP contribution in [-0.4, -0.2) is 24.5 Å². The van der Waals surface area contributed by atoms with Crippen LogP contribution >= 0.6 is 0 Å². The van der Waals surface area contributed by atoms with Crippen molar-refractivity contribution in [1.29, 1.82) is 0 Å². The van der Waals surface area contributed by atoms with Crippen molar-refractivity contribution >= 4 is 9.84 Å². The minimum atomic E-state index is -3.64. The topological polar surface area (TPSA) is 65.1 Å². The smallest absolute Gasteiger partial charge is 0.178 e. The maximum atomic E-state index is 14.5. The molecule has 148 valence electrons. The average Bonchev–Trinajstić information content (AvgIpc) is 3.30. The molecule has 0 aliphatic rings. The molecule has 0 aliphatic heterocycles. The molecule has 0 saturated heterocycles. The van der Waals surface area contributed by atoms with E-state index in [0.717, 1.165) is 40.1 Å². The van der Waals surface area contributed by atoms with Crippen molar-refractivity contribution < 1.29 is 17.2 Å². The second-order valence-electron chi connectivity index (χ2n) is 6.91. The Morgan fingerprint density at radius 1 is 1.00 bits per heavy atom. The van der Waals surface area contributed by atoms with Crippen LogP contribution in [0.5, 0.6) is 0 Å². The normalized spacial score (nSPS) is 11.7. The first-order chi connectivity index (χ1) is 13.8. The second kappa shape index (κ2) is 7.00. The van der Waals surface area contributed by atoms with Crippen molar-refractivity contribution in [2.45, 2.75) is 18.7 Å². The fraction of sp³-hybridized carbons (Fsp3) is 0.136. The maximum Gasteiger partial charge on any atom is 0.178 e. The summed E-state index contributed by atoms with van der Waals surface area (Å²) in [6.07, 6.45) is 2.61. The third kappa shape index (κ3) is 3.49. The van der Waals surface area contributed by atoms with Gasteiger partial charge in [-0.25, -0.2) is 17.5 Å². The summed E-state index contributed by atoms with van der Waals surface area (Å²) >= 11 is 0. The van der Waals surface area contributed by atoms with Crippen molar-refractivity contribution in [3.8, 4) is 28.3 Å². The van der Waals surface area contributed by atoms with Gasteiger partial charge in [0.15, 0.2) is 9.84 Å². The lowest BCUT2D eigenvalue weighted by Gasteiger charge is -2.11. The van der Waals surface area contributed by atoms with Gasteiger partial charge in [0.05, 0.1) is 23.3 Å². The molecule has 4 aromatic rings. The van der Waals surface area contributed by atoms with Crippen LogP contribution in [0.1, 0.15) is 11.3 Å². The summed E-state index contributed by atoms with van der Waals surface area (Å²) in [5.41, 5.74) is 4.90. The minimum absolute atomic E-state index is 0.328. The Bertz CT molecular complexity index is 1290. The quantitative estimate of drug-likeness (QED) is 0.477. The van der Waals surface area contributed by atoms with E-state index in [2.05, 4.69) is 5.10 Å². The Morgan fingerprint density at radius 3 is 2.28 bits per heavy atom. The molecule has 0 radical (unpaired) electrons. The molecule has 0 spiro atoms. The predicted octanol–water partition coefficient (Wildman–Crippen LogP) is 4.96. The van der Waals surface area contributed by atoms with Crippen molar-refractivity contribution in [2.24, 2.45) is 0 Å². The second-order valence-corrected chi connectivity index (χ2v) is 8.90. The number of hydrogen-bond donors (Lipinski definition) is 0. The zero-order valence-electron chi connectivity index (χ0n) is 16.2. The summed E-state index contributed by atoms with van der Waals surface area (Å²) in [7, 11) is -3.64. The SMILES string of the molecule is Cc1nn(-c2ccc(S(C)(=O)=O)c(F)c2)c(-c2ccc(-c3ccco3)cc2)c1C. The zero-order valence-corrected chi connectivity index (χ0v) is 17.0.